The highest BCUT2D eigenvalue weighted by Crippen LogP contribution is 2.15. The molecule has 2 aromatic carbocycles. The zero-order valence-corrected chi connectivity index (χ0v) is 18.1. The van der Waals surface area contributed by atoms with Gasteiger partial charge in [0.15, 0.2) is 0 Å². The van der Waals surface area contributed by atoms with E-state index in [2.05, 4.69) is 41.7 Å². The summed E-state index contributed by atoms with van der Waals surface area (Å²) in [4.78, 5) is 19.3. The number of thioether (sulfide) groups is 1. The number of hydrogen-bond acceptors (Lipinski definition) is 5. The molecule has 0 atom stereocenters. The summed E-state index contributed by atoms with van der Waals surface area (Å²) in [7, 11) is 0. The molecule has 3 N–H and O–H groups in total. The molecule has 0 radical (unpaired) electrons. The second kappa shape index (κ2) is 15.1. The van der Waals surface area contributed by atoms with Gasteiger partial charge in [0.2, 0.25) is 0 Å². The zero-order chi connectivity index (χ0) is 23.8. The molecule has 0 saturated carbocycles. The monoisotopic (exact) mass is 473 g/mol. The largest absolute Gasteiger partial charge is 0.493 e. The lowest BCUT2D eigenvalue weighted by atomic mass is 10.1. The highest BCUT2D eigenvalue weighted by molar-refractivity contribution is 7.98. The number of carboxylic acids is 2. The van der Waals surface area contributed by atoms with Gasteiger partial charge in [-0.15, -0.1) is 0 Å². The first-order valence-electron chi connectivity index (χ1n) is 9.74. The van der Waals surface area contributed by atoms with Crippen LogP contribution in [-0.4, -0.2) is 53.8 Å². The minimum atomic E-state index is -5.08. The standard InChI is InChI=1S/C20H25NO3S.C2HF3O2/c22-20(23)11-13-21-12-10-17-6-8-19(9-7-17)24-14-15-25-16-18-4-2-1-3-5-18;3-2(4,5)1(6)7/h1-9,21H,10-16H2,(H,22,23);(H,6,7). The summed E-state index contributed by atoms with van der Waals surface area (Å²) in [6.45, 7) is 1.99. The number of benzene rings is 2. The van der Waals surface area contributed by atoms with Crippen molar-refractivity contribution >= 4 is 23.7 Å². The molecule has 6 nitrogen and oxygen atoms in total. The summed E-state index contributed by atoms with van der Waals surface area (Å²) in [5, 5.41) is 18.8. The highest BCUT2D eigenvalue weighted by atomic mass is 32.2. The van der Waals surface area contributed by atoms with Crippen molar-refractivity contribution in [1.82, 2.24) is 5.32 Å². The lowest BCUT2D eigenvalue weighted by Crippen LogP contribution is -2.21. The molecular weight excluding hydrogens is 447 g/mol. The number of rotatable bonds is 12. The van der Waals surface area contributed by atoms with Crippen LogP contribution in [0.3, 0.4) is 0 Å². The fourth-order valence-corrected chi connectivity index (χ4v) is 3.06. The summed E-state index contributed by atoms with van der Waals surface area (Å²) >= 11 is 1.87. The second-order valence-electron chi connectivity index (χ2n) is 6.48. The quantitative estimate of drug-likeness (QED) is 0.397. The topological polar surface area (TPSA) is 95.9 Å². The van der Waals surface area contributed by atoms with Crippen molar-refractivity contribution in [2.75, 3.05) is 25.4 Å². The molecule has 0 aliphatic rings. The molecule has 2 aromatic rings. The number of carbonyl (C=O) groups is 2. The molecule has 10 heteroatoms. The lowest BCUT2D eigenvalue weighted by molar-refractivity contribution is -0.192. The van der Waals surface area contributed by atoms with E-state index in [4.69, 9.17) is 19.7 Å². The molecule has 0 aromatic heterocycles. The van der Waals surface area contributed by atoms with Gasteiger partial charge < -0.3 is 20.3 Å². The first-order valence-corrected chi connectivity index (χ1v) is 10.9. The fourth-order valence-electron chi connectivity index (χ4n) is 2.29. The van der Waals surface area contributed by atoms with Crippen LogP contribution in [0, 0.1) is 0 Å². The van der Waals surface area contributed by atoms with E-state index < -0.39 is 18.1 Å². The van der Waals surface area contributed by atoms with Crippen LogP contribution in [0.15, 0.2) is 54.6 Å². The summed E-state index contributed by atoms with van der Waals surface area (Å²) in [6, 6.07) is 18.6. The van der Waals surface area contributed by atoms with Crippen LogP contribution >= 0.6 is 11.8 Å². The third kappa shape index (κ3) is 13.6. The van der Waals surface area contributed by atoms with E-state index in [1.807, 2.05) is 30.0 Å². The molecule has 0 saturated heterocycles. The number of aliphatic carboxylic acids is 2. The minimum absolute atomic E-state index is 0.162. The minimum Gasteiger partial charge on any atom is -0.493 e. The Balaban J connectivity index is 0.000000633. The Hall–Kier alpha value is -2.72. The van der Waals surface area contributed by atoms with Gasteiger partial charge in [0, 0.05) is 18.1 Å². The number of alkyl halides is 3. The van der Waals surface area contributed by atoms with Gasteiger partial charge in [0.25, 0.3) is 0 Å². The van der Waals surface area contributed by atoms with Crippen LogP contribution in [0.4, 0.5) is 13.2 Å². The number of ether oxygens (including phenoxy) is 1. The van der Waals surface area contributed by atoms with Crippen LogP contribution in [0.5, 0.6) is 5.75 Å². The molecule has 176 valence electrons. The zero-order valence-electron chi connectivity index (χ0n) is 17.3. The third-order valence-electron chi connectivity index (χ3n) is 3.88. The molecule has 0 amide bonds. The first kappa shape index (κ1) is 27.3. The molecule has 0 aliphatic heterocycles. The highest BCUT2D eigenvalue weighted by Gasteiger charge is 2.38. The molecule has 0 bridgehead atoms. The van der Waals surface area contributed by atoms with Crippen LogP contribution in [0.2, 0.25) is 0 Å². The number of hydrogen-bond donors (Lipinski definition) is 3. The smallest absolute Gasteiger partial charge is 0.490 e. The predicted octanol–water partition coefficient (Wildman–Crippen LogP) is 4.24. The van der Waals surface area contributed by atoms with Crippen molar-refractivity contribution in [2.24, 2.45) is 0 Å². The molecular formula is C22H26F3NO5S. The van der Waals surface area contributed by atoms with Gasteiger partial charge in [0.1, 0.15) is 5.75 Å². The first-order chi connectivity index (χ1) is 15.2. The second-order valence-corrected chi connectivity index (χ2v) is 7.58. The summed E-state index contributed by atoms with van der Waals surface area (Å²) in [5.41, 5.74) is 2.56. The van der Waals surface area contributed by atoms with Crippen molar-refractivity contribution in [3.8, 4) is 5.75 Å². The van der Waals surface area contributed by atoms with Gasteiger partial charge in [-0.2, -0.15) is 24.9 Å². The number of carboxylic acid groups (broad SMARTS) is 2. The van der Waals surface area contributed by atoms with E-state index in [-0.39, 0.29) is 6.42 Å². The number of halogens is 3. The fraction of sp³-hybridized carbons (Fsp3) is 0.364. The summed E-state index contributed by atoms with van der Waals surface area (Å²) < 4.78 is 37.5. The van der Waals surface area contributed by atoms with Crippen molar-refractivity contribution in [2.45, 2.75) is 24.8 Å². The third-order valence-corrected chi connectivity index (χ3v) is 4.87. The van der Waals surface area contributed by atoms with E-state index in [9.17, 15) is 18.0 Å². The number of nitrogens with one attached hydrogen (secondary N) is 1. The van der Waals surface area contributed by atoms with Crippen LogP contribution in [-0.2, 0) is 21.8 Å². The Morgan fingerprint density at radius 3 is 2.12 bits per heavy atom. The predicted molar refractivity (Wildman–Crippen MR) is 117 cm³/mol. The van der Waals surface area contributed by atoms with Gasteiger partial charge in [0.05, 0.1) is 13.0 Å². The Bertz CT molecular complexity index is 801. The van der Waals surface area contributed by atoms with E-state index in [0.717, 1.165) is 30.2 Å². The van der Waals surface area contributed by atoms with Gasteiger partial charge in [-0.25, -0.2) is 4.79 Å². The van der Waals surface area contributed by atoms with Crippen molar-refractivity contribution < 1.29 is 37.7 Å². The molecule has 0 fully saturated rings. The van der Waals surface area contributed by atoms with Gasteiger partial charge in [-0.3, -0.25) is 4.79 Å². The Labute approximate surface area is 188 Å². The van der Waals surface area contributed by atoms with Crippen molar-refractivity contribution in [1.29, 1.82) is 0 Å². The maximum absolute atomic E-state index is 10.6. The summed E-state index contributed by atoms with van der Waals surface area (Å²) in [5.74, 6) is -0.659. The normalized spacial score (nSPS) is 10.7. The maximum Gasteiger partial charge on any atom is 0.490 e. The van der Waals surface area contributed by atoms with E-state index in [1.54, 1.807) is 0 Å². The lowest BCUT2D eigenvalue weighted by Gasteiger charge is -2.08. The Morgan fingerprint density at radius 1 is 0.938 bits per heavy atom. The molecule has 0 aliphatic carbocycles. The van der Waals surface area contributed by atoms with Gasteiger partial charge in [-0.05, 0) is 36.2 Å². The van der Waals surface area contributed by atoms with E-state index in [0.29, 0.717) is 13.2 Å². The Kier molecular flexibility index (Phi) is 12.9. The van der Waals surface area contributed by atoms with Gasteiger partial charge >= 0.3 is 18.1 Å². The van der Waals surface area contributed by atoms with Crippen LogP contribution < -0.4 is 10.1 Å². The SMILES string of the molecule is O=C(O)C(F)(F)F.O=C(O)CCNCCc1ccc(OCCSCc2ccccc2)cc1. The summed E-state index contributed by atoms with van der Waals surface area (Å²) in [6.07, 6.45) is -4.04. The molecule has 0 unspecified atom stereocenters. The Morgan fingerprint density at radius 2 is 1.56 bits per heavy atom. The average molecular weight is 474 g/mol. The van der Waals surface area contributed by atoms with E-state index in [1.165, 1.54) is 11.1 Å². The average Bonchev–Trinajstić information content (AvgIpc) is 2.74. The molecule has 0 spiro atoms. The van der Waals surface area contributed by atoms with Crippen LogP contribution in [0.1, 0.15) is 17.5 Å². The molecule has 2 rings (SSSR count). The van der Waals surface area contributed by atoms with Crippen molar-refractivity contribution in [3.63, 3.8) is 0 Å². The maximum atomic E-state index is 10.6. The van der Waals surface area contributed by atoms with Crippen molar-refractivity contribution in [3.05, 3.63) is 65.7 Å². The molecule has 0 heterocycles. The van der Waals surface area contributed by atoms with E-state index >= 15 is 0 Å². The van der Waals surface area contributed by atoms with Crippen LogP contribution in [0.25, 0.3) is 0 Å². The molecule has 32 heavy (non-hydrogen) atoms. The van der Waals surface area contributed by atoms with Gasteiger partial charge in [-0.1, -0.05) is 42.5 Å².